The van der Waals surface area contributed by atoms with Crippen LogP contribution in [-0.4, -0.2) is 14.8 Å². The Kier molecular flexibility index (Phi) is 4.92. The van der Waals surface area contributed by atoms with Gasteiger partial charge in [0.15, 0.2) is 0 Å². The summed E-state index contributed by atoms with van der Waals surface area (Å²) in [6.07, 6.45) is 3.15. The summed E-state index contributed by atoms with van der Waals surface area (Å²) in [6.45, 7) is 0. The first-order valence-corrected chi connectivity index (χ1v) is 8.72. The molecule has 1 aromatic heterocycles. The number of anilines is 2. The molecule has 0 aliphatic heterocycles. The van der Waals surface area contributed by atoms with Gasteiger partial charge in [-0.15, -0.1) is 0 Å². The number of nitrogens with zero attached hydrogens (tertiary/aromatic N) is 3. The highest BCUT2D eigenvalue weighted by Crippen LogP contribution is 2.35. The highest BCUT2D eigenvalue weighted by atomic mass is 35.5. The van der Waals surface area contributed by atoms with E-state index < -0.39 is 0 Å². The first kappa shape index (κ1) is 18.0. The predicted molar refractivity (Wildman–Crippen MR) is 107 cm³/mol. The maximum Gasteiger partial charge on any atom is 0.138 e. The summed E-state index contributed by atoms with van der Waals surface area (Å²) in [6, 6.07) is 19.0. The van der Waals surface area contributed by atoms with Crippen molar-refractivity contribution >= 4 is 23.0 Å². The minimum Gasteiger partial charge on any atom is -0.397 e. The largest absolute Gasteiger partial charge is 0.397 e. The van der Waals surface area contributed by atoms with Crippen molar-refractivity contribution in [2.45, 2.75) is 0 Å². The molecular formula is C20H15ClFN5O. The second-order valence-electron chi connectivity index (χ2n) is 6.06. The van der Waals surface area contributed by atoms with E-state index in [1.165, 1.54) is 6.33 Å². The van der Waals surface area contributed by atoms with E-state index in [0.717, 1.165) is 22.4 Å². The van der Waals surface area contributed by atoms with Crippen molar-refractivity contribution in [1.82, 2.24) is 14.8 Å². The summed E-state index contributed by atoms with van der Waals surface area (Å²) in [5.74, 6) is 0. The maximum atomic E-state index is 12.1. The summed E-state index contributed by atoms with van der Waals surface area (Å²) in [7, 11) is 0. The van der Waals surface area contributed by atoms with Crippen molar-refractivity contribution < 1.29 is 9.57 Å². The number of rotatable bonds is 5. The smallest absolute Gasteiger partial charge is 0.138 e. The number of nitrogens with two attached hydrogens (primary N) is 1. The lowest BCUT2D eigenvalue weighted by molar-refractivity contribution is -0.0972. The van der Waals surface area contributed by atoms with Gasteiger partial charge in [-0.25, -0.2) is 15.1 Å². The molecule has 0 saturated carbocycles. The molecule has 0 unspecified atom stereocenters. The van der Waals surface area contributed by atoms with E-state index >= 15 is 0 Å². The molecule has 140 valence electrons. The first-order chi connectivity index (χ1) is 13.7. The van der Waals surface area contributed by atoms with Crippen molar-refractivity contribution in [1.29, 1.82) is 0 Å². The number of hydrogen-bond donors (Lipinski definition) is 2. The molecule has 4 rings (SSSR count). The van der Waals surface area contributed by atoms with E-state index in [2.05, 4.69) is 20.6 Å². The van der Waals surface area contributed by atoms with Gasteiger partial charge in [-0.3, -0.25) is 0 Å². The summed E-state index contributed by atoms with van der Waals surface area (Å²) in [5, 5.41) is 8.05. The van der Waals surface area contributed by atoms with E-state index in [0.29, 0.717) is 16.3 Å². The fourth-order valence-corrected chi connectivity index (χ4v) is 3.21. The van der Waals surface area contributed by atoms with E-state index in [-0.39, 0.29) is 5.69 Å². The summed E-state index contributed by atoms with van der Waals surface area (Å²) < 4.78 is 13.8. The van der Waals surface area contributed by atoms with Crippen LogP contribution in [0, 0.1) is 0 Å². The van der Waals surface area contributed by atoms with Crippen LogP contribution in [-0.2, 0) is 5.04 Å². The van der Waals surface area contributed by atoms with Crippen LogP contribution in [0.3, 0.4) is 0 Å². The van der Waals surface area contributed by atoms with Crippen molar-refractivity contribution in [3.05, 3.63) is 78.3 Å². The highest BCUT2D eigenvalue weighted by Gasteiger charge is 2.10. The Hall–Kier alpha value is -3.42. The zero-order valence-electron chi connectivity index (χ0n) is 14.5. The van der Waals surface area contributed by atoms with Crippen molar-refractivity contribution in [2.75, 3.05) is 11.2 Å². The minimum atomic E-state index is 0.287. The Morgan fingerprint density at radius 3 is 2.21 bits per heavy atom. The van der Waals surface area contributed by atoms with Gasteiger partial charge in [-0.2, -0.15) is 5.10 Å². The Morgan fingerprint density at radius 2 is 1.61 bits per heavy atom. The third kappa shape index (κ3) is 3.53. The summed E-state index contributed by atoms with van der Waals surface area (Å²) >= 11 is 6.30. The van der Waals surface area contributed by atoms with Gasteiger partial charge in [0.1, 0.15) is 12.7 Å². The van der Waals surface area contributed by atoms with Gasteiger partial charge >= 0.3 is 0 Å². The van der Waals surface area contributed by atoms with Crippen molar-refractivity contribution in [2.24, 2.45) is 0 Å². The van der Waals surface area contributed by atoms with E-state index in [9.17, 15) is 4.53 Å². The molecule has 0 amide bonds. The van der Waals surface area contributed by atoms with Gasteiger partial charge in [0.05, 0.1) is 22.1 Å². The Labute approximate surface area is 165 Å². The lowest BCUT2D eigenvalue weighted by Gasteiger charge is -2.11. The number of aromatic nitrogens is 3. The van der Waals surface area contributed by atoms with Gasteiger partial charge in [-0.05, 0) is 45.5 Å². The molecule has 3 N–H and O–H groups in total. The Bertz CT molecular complexity index is 1080. The molecule has 0 atom stereocenters. The number of nitrogens with one attached hydrogen (secondary N) is 1. The lowest BCUT2D eigenvalue weighted by Crippen LogP contribution is -1.99. The van der Waals surface area contributed by atoms with Crippen LogP contribution in [0.5, 0.6) is 0 Å². The zero-order valence-corrected chi connectivity index (χ0v) is 15.3. The number of benzene rings is 3. The Morgan fingerprint density at radius 1 is 0.964 bits per heavy atom. The van der Waals surface area contributed by atoms with Crippen molar-refractivity contribution in [3.8, 4) is 27.9 Å². The summed E-state index contributed by atoms with van der Waals surface area (Å²) in [5.41, 5.74) is 13.1. The topological polar surface area (TPSA) is 78.0 Å². The van der Waals surface area contributed by atoms with Gasteiger partial charge < -0.3 is 5.73 Å². The molecule has 6 nitrogen and oxygen atoms in total. The predicted octanol–water partition coefficient (Wildman–Crippen LogP) is 5.06. The van der Waals surface area contributed by atoms with E-state index in [1.807, 2.05) is 48.5 Å². The molecule has 0 bridgehead atoms. The molecule has 0 aliphatic rings. The quantitative estimate of drug-likeness (QED) is 0.364. The van der Waals surface area contributed by atoms with Gasteiger partial charge in [0.25, 0.3) is 0 Å². The summed E-state index contributed by atoms with van der Waals surface area (Å²) in [4.78, 5) is 3.95. The van der Waals surface area contributed by atoms with Crippen LogP contribution in [0.2, 0.25) is 5.02 Å². The first-order valence-electron chi connectivity index (χ1n) is 8.34. The molecule has 0 saturated heterocycles. The zero-order chi connectivity index (χ0) is 19.5. The molecule has 4 aromatic rings. The molecule has 8 heteroatoms. The fraction of sp³-hybridized carbons (Fsp3) is 0. The lowest BCUT2D eigenvalue weighted by atomic mass is 9.99. The monoisotopic (exact) mass is 395 g/mol. The van der Waals surface area contributed by atoms with E-state index in [4.69, 9.17) is 17.3 Å². The number of nitrogen functional groups attached to an aromatic ring is 1. The highest BCUT2D eigenvalue weighted by molar-refractivity contribution is 6.33. The third-order valence-corrected chi connectivity index (χ3v) is 4.68. The minimum absolute atomic E-state index is 0.287. The molecule has 28 heavy (non-hydrogen) atoms. The normalized spacial score (nSPS) is 10.8. The molecule has 1 heterocycles. The van der Waals surface area contributed by atoms with Crippen LogP contribution in [0.25, 0.3) is 27.9 Å². The van der Waals surface area contributed by atoms with Gasteiger partial charge in [0.2, 0.25) is 0 Å². The molecule has 3 aromatic carbocycles. The molecule has 0 spiro atoms. The van der Waals surface area contributed by atoms with Crippen LogP contribution in [0.4, 0.5) is 15.9 Å². The molecule has 0 radical (unpaired) electrons. The Balaban J connectivity index is 1.62. The van der Waals surface area contributed by atoms with Crippen LogP contribution in [0.15, 0.2) is 73.3 Å². The fourth-order valence-electron chi connectivity index (χ4n) is 2.93. The number of halogens is 2. The average Bonchev–Trinajstić information content (AvgIpc) is 3.25. The maximum absolute atomic E-state index is 12.1. The van der Waals surface area contributed by atoms with Gasteiger partial charge in [-0.1, -0.05) is 53.0 Å². The average molecular weight is 396 g/mol. The van der Waals surface area contributed by atoms with Crippen LogP contribution >= 0.6 is 11.6 Å². The molecular weight excluding hydrogens is 381 g/mol. The van der Waals surface area contributed by atoms with E-state index in [1.54, 1.807) is 23.1 Å². The number of hydrogen-bond acceptors (Lipinski definition) is 5. The standard InChI is InChI=1S/C20H15ClFN5O/c21-18-10-19(23)20(26-28-22)9-17(18)15-3-1-13(2-4-15)14-5-7-16(8-6-14)27-12-24-11-25-27/h1-12,26H,23H2. The van der Waals surface area contributed by atoms with Gasteiger partial charge in [0, 0.05) is 5.56 Å². The molecule has 0 fully saturated rings. The SMILES string of the molecule is Nc1cc(Cl)c(-c2ccc(-c3ccc(-n4cncn4)cc3)cc2)cc1NOF. The van der Waals surface area contributed by atoms with Crippen LogP contribution in [0.1, 0.15) is 0 Å². The second kappa shape index (κ2) is 7.67. The van der Waals surface area contributed by atoms with Crippen LogP contribution < -0.4 is 11.2 Å². The second-order valence-corrected chi connectivity index (χ2v) is 6.47. The third-order valence-electron chi connectivity index (χ3n) is 4.37. The molecule has 0 aliphatic carbocycles. The van der Waals surface area contributed by atoms with Crippen molar-refractivity contribution in [3.63, 3.8) is 0 Å².